The van der Waals surface area contributed by atoms with Gasteiger partial charge in [-0.2, -0.15) is 0 Å². The minimum absolute atomic E-state index is 0.715. The molecular formula is C17H15ClN2S. The van der Waals surface area contributed by atoms with Crippen LogP contribution in [0.2, 0.25) is 5.02 Å². The number of hydrogen-bond donors (Lipinski definition) is 1. The molecule has 0 fully saturated rings. The van der Waals surface area contributed by atoms with Gasteiger partial charge in [-0.3, -0.25) is 4.98 Å². The van der Waals surface area contributed by atoms with Crippen LogP contribution < -0.4 is 5.32 Å². The minimum atomic E-state index is 0.715. The summed E-state index contributed by atoms with van der Waals surface area (Å²) in [7, 11) is 0. The molecule has 2 nitrogen and oxygen atoms in total. The maximum Gasteiger partial charge on any atom is 0.0737 e. The highest BCUT2D eigenvalue weighted by molar-refractivity contribution is 7.99. The molecule has 0 aliphatic heterocycles. The average molecular weight is 315 g/mol. The fourth-order valence-corrected chi connectivity index (χ4v) is 3.10. The molecule has 0 spiro atoms. The van der Waals surface area contributed by atoms with E-state index in [1.54, 1.807) is 0 Å². The molecule has 21 heavy (non-hydrogen) atoms. The molecule has 0 unspecified atom stereocenters. The topological polar surface area (TPSA) is 24.9 Å². The van der Waals surface area contributed by atoms with Crippen molar-refractivity contribution in [3.8, 4) is 0 Å². The van der Waals surface area contributed by atoms with E-state index in [4.69, 9.17) is 11.6 Å². The van der Waals surface area contributed by atoms with E-state index >= 15 is 0 Å². The molecule has 1 heterocycles. The summed E-state index contributed by atoms with van der Waals surface area (Å²) in [6.07, 6.45) is 1.81. The molecule has 4 heteroatoms. The van der Waals surface area contributed by atoms with Crippen LogP contribution >= 0.6 is 23.4 Å². The van der Waals surface area contributed by atoms with Gasteiger partial charge in [0.15, 0.2) is 0 Å². The van der Waals surface area contributed by atoms with Crippen LogP contribution in [0.25, 0.3) is 10.9 Å². The van der Waals surface area contributed by atoms with Crippen LogP contribution in [-0.2, 0) is 0 Å². The molecule has 0 amide bonds. The number of hydrogen-bond acceptors (Lipinski definition) is 3. The van der Waals surface area contributed by atoms with Gasteiger partial charge in [-0.1, -0.05) is 29.8 Å². The summed E-state index contributed by atoms with van der Waals surface area (Å²) in [5, 5.41) is 5.29. The van der Waals surface area contributed by atoms with Gasteiger partial charge in [0.2, 0.25) is 0 Å². The third kappa shape index (κ3) is 3.69. The number of halogens is 1. The van der Waals surface area contributed by atoms with Crippen LogP contribution in [-0.4, -0.2) is 17.3 Å². The smallest absolute Gasteiger partial charge is 0.0737 e. The number of aromatic nitrogens is 1. The van der Waals surface area contributed by atoms with Gasteiger partial charge in [0.1, 0.15) is 0 Å². The Morgan fingerprint density at radius 2 is 1.90 bits per heavy atom. The Kier molecular flexibility index (Phi) is 4.63. The number of pyridine rings is 1. The maximum atomic E-state index is 6.00. The largest absolute Gasteiger partial charge is 0.384 e. The molecule has 0 atom stereocenters. The van der Waals surface area contributed by atoms with Gasteiger partial charge in [0.25, 0.3) is 0 Å². The second kappa shape index (κ2) is 6.83. The zero-order valence-corrected chi connectivity index (χ0v) is 13.0. The van der Waals surface area contributed by atoms with Gasteiger partial charge >= 0.3 is 0 Å². The van der Waals surface area contributed by atoms with Crippen LogP contribution in [0.5, 0.6) is 0 Å². The van der Waals surface area contributed by atoms with E-state index in [0.29, 0.717) is 5.02 Å². The molecule has 0 radical (unpaired) electrons. The first-order valence-corrected chi connectivity index (χ1v) is 8.15. The van der Waals surface area contributed by atoms with Gasteiger partial charge < -0.3 is 5.32 Å². The summed E-state index contributed by atoms with van der Waals surface area (Å²) in [4.78, 5) is 5.65. The summed E-state index contributed by atoms with van der Waals surface area (Å²) >= 11 is 7.85. The summed E-state index contributed by atoms with van der Waals surface area (Å²) in [5.74, 6) is 1.02. The third-order valence-corrected chi connectivity index (χ3v) is 4.38. The molecule has 3 rings (SSSR count). The molecule has 106 valence electrons. The Morgan fingerprint density at radius 3 is 2.76 bits per heavy atom. The molecule has 0 bridgehead atoms. The van der Waals surface area contributed by atoms with Crippen molar-refractivity contribution in [2.24, 2.45) is 0 Å². The fraction of sp³-hybridized carbons (Fsp3) is 0.118. The Morgan fingerprint density at radius 1 is 1.05 bits per heavy atom. The van der Waals surface area contributed by atoms with Gasteiger partial charge in [0, 0.05) is 39.5 Å². The van der Waals surface area contributed by atoms with Gasteiger partial charge in [-0.15, -0.1) is 11.8 Å². The highest BCUT2D eigenvalue weighted by Gasteiger charge is 2.02. The maximum absolute atomic E-state index is 6.00. The monoisotopic (exact) mass is 314 g/mol. The highest BCUT2D eigenvalue weighted by atomic mass is 35.5. The van der Waals surface area contributed by atoms with Crippen molar-refractivity contribution in [3.63, 3.8) is 0 Å². The van der Waals surface area contributed by atoms with Crippen LogP contribution in [0.4, 0.5) is 5.69 Å². The van der Waals surface area contributed by atoms with Crippen LogP contribution in [0.3, 0.4) is 0 Å². The quantitative estimate of drug-likeness (QED) is 0.524. The van der Waals surface area contributed by atoms with Crippen molar-refractivity contribution in [1.82, 2.24) is 4.98 Å². The van der Waals surface area contributed by atoms with Crippen molar-refractivity contribution in [1.29, 1.82) is 0 Å². The van der Waals surface area contributed by atoms with Crippen molar-refractivity contribution in [3.05, 3.63) is 65.8 Å². The standard InChI is InChI=1S/C17H15ClN2S/c18-13-6-7-15-16(8-9-19-17(15)12-13)20-10-11-21-14-4-2-1-3-5-14/h1-9,12H,10-11H2,(H,19,20). The number of thioether (sulfide) groups is 1. The molecule has 2 aromatic carbocycles. The predicted octanol–water partition coefficient (Wildman–Crippen LogP) is 5.09. The van der Waals surface area contributed by atoms with Crippen LogP contribution in [0.15, 0.2) is 65.7 Å². The van der Waals surface area contributed by atoms with E-state index in [2.05, 4.69) is 34.6 Å². The first-order chi connectivity index (χ1) is 10.3. The van der Waals surface area contributed by atoms with Gasteiger partial charge in [-0.25, -0.2) is 0 Å². The molecule has 0 aliphatic rings. The summed E-state index contributed by atoms with van der Waals surface area (Å²) in [5.41, 5.74) is 2.02. The van der Waals surface area contributed by atoms with Crippen molar-refractivity contribution >= 4 is 40.0 Å². The Balaban J connectivity index is 1.63. The van der Waals surface area contributed by atoms with Crippen molar-refractivity contribution < 1.29 is 0 Å². The number of nitrogens with zero attached hydrogens (tertiary/aromatic N) is 1. The predicted molar refractivity (Wildman–Crippen MR) is 92.4 cm³/mol. The lowest BCUT2D eigenvalue weighted by atomic mass is 10.2. The number of fused-ring (bicyclic) bond motifs is 1. The lowest BCUT2D eigenvalue weighted by Crippen LogP contribution is -2.04. The lowest BCUT2D eigenvalue weighted by Gasteiger charge is -2.09. The van der Waals surface area contributed by atoms with Gasteiger partial charge in [0.05, 0.1) is 5.52 Å². The average Bonchev–Trinajstić information content (AvgIpc) is 2.52. The van der Waals surface area contributed by atoms with Crippen molar-refractivity contribution in [2.45, 2.75) is 4.90 Å². The lowest BCUT2D eigenvalue weighted by molar-refractivity contribution is 1.22. The summed E-state index contributed by atoms with van der Waals surface area (Å²) in [6, 6.07) is 18.2. The molecule has 1 aromatic heterocycles. The molecule has 0 saturated carbocycles. The van der Waals surface area contributed by atoms with E-state index in [1.807, 2.05) is 48.3 Å². The highest BCUT2D eigenvalue weighted by Crippen LogP contribution is 2.24. The third-order valence-electron chi connectivity index (χ3n) is 3.13. The molecule has 1 N–H and O–H groups in total. The number of anilines is 1. The zero-order valence-electron chi connectivity index (χ0n) is 11.4. The van der Waals surface area contributed by atoms with E-state index in [1.165, 1.54) is 4.90 Å². The van der Waals surface area contributed by atoms with E-state index in [-0.39, 0.29) is 0 Å². The Hall–Kier alpha value is -1.71. The Bertz CT molecular complexity index is 731. The Labute approximate surface area is 133 Å². The normalized spacial score (nSPS) is 10.7. The number of rotatable bonds is 5. The number of nitrogens with one attached hydrogen (secondary N) is 1. The van der Waals surface area contributed by atoms with Crippen LogP contribution in [0.1, 0.15) is 0 Å². The SMILES string of the molecule is Clc1ccc2c(NCCSc3ccccc3)ccnc2c1. The van der Waals surface area contributed by atoms with E-state index < -0.39 is 0 Å². The molecular weight excluding hydrogens is 300 g/mol. The van der Waals surface area contributed by atoms with Gasteiger partial charge in [-0.05, 0) is 36.4 Å². The van der Waals surface area contributed by atoms with Crippen molar-refractivity contribution in [2.75, 3.05) is 17.6 Å². The zero-order chi connectivity index (χ0) is 14.5. The second-order valence-electron chi connectivity index (χ2n) is 4.61. The fourth-order valence-electron chi connectivity index (χ4n) is 2.15. The minimum Gasteiger partial charge on any atom is -0.384 e. The van der Waals surface area contributed by atoms with E-state index in [9.17, 15) is 0 Å². The molecule has 3 aromatic rings. The molecule has 0 saturated heterocycles. The molecule has 0 aliphatic carbocycles. The summed E-state index contributed by atoms with van der Waals surface area (Å²) < 4.78 is 0. The number of benzene rings is 2. The first-order valence-electron chi connectivity index (χ1n) is 6.79. The van der Waals surface area contributed by atoms with Crippen LogP contribution in [0, 0.1) is 0 Å². The second-order valence-corrected chi connectivity index (χ2v) is 6.21. The van der Waals surface area contributed by atoms with E-state index in [0.717, 1.165) is 28.9 Å². The summed E-state index contributed by atoms with van der Waals surface area (Å²) in [6.45, 7) is 0.904. The first kappa shape index (κ1) is 14.2.